The number of hydrogen-bond acceptors (Lipinski definition) is 3. The van der Waals surface area contributed by atoms with E-state index in [-0.39, 0.29) is 11.8 Å². The predicted molar refractivity (Wildman–Crippen MR) is 125 cm³/mol. The number of anilines is 2. The number of rotatable bonds is 5. The second-order valence-corrected chi connectivity index (χ2v) is 9.83. The van der Waals surface area contributed by atoms with Crippen molar-refractivity contribution in [1.29, 1.82) is 0 Å². The standard InChI is InChI=1S/C25H26N2O3S/c1-17(28)26-25-12-6-11-22-23(25)14-13-19-8-3-4-10-21(19)24(22)16-18-7-5-9-20(15-18)27-31(2,29)30/h3-12,15,24,27H,13-14,16H2,1-2H3,(H,26,28)/t24-/m1/s1. The second kappa shape index (κ2) is 8.55. The van der Waals surface area contributed by atoms with Crippen molar-refractivity contribution in [3.8, 4) is 0 Å². The lowest BCUT2D eigenvalue weighted by molar-refractivity contribution is -0.114. The van der Waals surface area contributed by atoms with Crippen molar-refractivity contribution in [1.82, 2.24) is 0 Å². The van der Waals surface area contributed by atoms with Crippen LogP contribution in [0, 0.1) is 0 Å². The fourth-order valence-electron chi connectivity index (χ4n) is 4.48. The van der Waals surface area contributed by atoms with Crippen LogP contribution in [0.2, 0.25) is 0 Å². The molecule has 0 radical (unpaired) electrons. The van der Waals surface area contributed by atoms with E-state index in [1.54, 1.807) is 6.07 Å². The van der Waals surface area contributed by atoms with Gasteiger partial charge in [-0.3, -0.25) is 9.52 Å². The van der Waals surface area contributed by atoms with Gasteiger partial charge in [0.1, 0.15) is 0 Å². The molecule has 4 rings (SSSR count). The number of aryl methyl sites for hydroxylation is 1. The molecule has 0 saturated heterocycles. The summed E-state index contributed by atoms with van der Waals surface area (Å²) in [5.41, 5.74) is 7.45. The normalized spacial score (nSPS) is 15.4. The number of benzene rings is 3. The number of sulfonamides is 1. The fraction of sp³-hybridized carbons (Fsp3) is 0.240. The number of amides is 1. The van der Waals surface area contributed by atoms with Gasteiger partial charge >= 0.3 is 0 Å². The molecule has 1 atom stereocenters. The third-order valence-corrected chi connectivity index (χ3v) is 6.25. The van der Waals surface area contributed by atoms with E-state index in [0.29, 0.717) is 5.69 Å². The summed E-state index contributed by atoms with van der Waals surface area (Å²) in [6.07, 6.45) is 3.65. The molecule has 5 nitrogen and oxygen atoms in total. The predicted octanol–water partition coefficient (Wildman–Crippen LogP) is 4.49. The molecule has 0 bridgehead atoms. The van der Waals surface area contributed by atoms with Crippen molar-refractivity contribution in [2.24, 2.45) is 0 Å². The van der Waals surface area contributed by atoms with Crippen LogP contribution in [0.1, 0.15) is 40.7 Å². The highest BCUT2D eigenvalue weighted by Gasteiger charge is 2.25. The van der Waals surface area contributed by atoms with Crippen LogP contribution in [0.3, 0.4) is 0 Å². The zero-order valence-electron chi connectivity index (χ0n) is 17.7. The van der Waals surface area contributed by atoms with Gasteiger partial charge in [0.25, 0.3) is 0 Å². The van der Waals surface area contributed by atoms with Gasteiger partial charge in [-0.25, -0.2) is 8.42 Å². The van der Waals surface area contributed by atoms with Gasteiger partial charge in [-0.15, -0.1) is 0 Å². The van der Waals surface area contributed by atoms with Crippen LogP contribution in [0.5, 0.6) is 0 Å². The van der Waals surface area contributed by atoms with E-state index in [9.17, 15) is 13.2 Å². The summed E-state index contributed by atoms with van der Waals surface area (Å²) in [6, 6.07) is 22.1. The number of fused-ring (bicyclic) bond motifs is 2. The monoisotopic (exact) mass is 434 g/mol. The Labute approximate surface area is 183 Å². The maximum Gasteiger partial charge on any atom is 0.229 e. The van der Waals surface area contributed by atoms with Crippen LogP contribution in [0.15, 0.2) is 66.7 Å². The maximum absolute atomic E-state index is 11.8. The number of carbonyl (C=O) groups is 1. The first-order valence-electron chi connectivity index (χ1n) is 10.3. The highest BCUT2D eigenvalue weighted by atomic mass is 32.2. The minimum atomic E-state index is -3.34. The van der Waals surface area contributed by atoms with Gasteiger partial charge in [-0.2, -0.15) is 0 Å². The van der Waals surface area contributed by atoms with Crippen molar-refractivity contribution in [3.05, 3.63) is 94.5 Å². The van der Waals surface area contributed by atoms with Gasteiger partial charge in [0.05, 0.1) is 6.26 Å². The third-order valence-electron chi connectivity index (χ3n) is 5.64. The summed E-state index contributed by atoms with van der Waals surface area (Å²) in [4.78, 5) is 11.8. The minimum absolute atomic E-state index is 0.0775. The van der Waals surface area contributed by atoms with E-state index < -0.39 is 10.0 Å². The van der Waals surface area contributed by atoms with Crippen LogP contribution in [0.25, 0.3) is 0 Å². The van der Waals surface area contributed by atoms with Crippen molar-refractivity contribution >= 4 is 27.3 Å². The zero-order chi connectivity index (χ0) is 22.0. The maximum atomic E-state index is 11.8. The highest BCUT2D eigenvalue weighted by molar-refractivity contribution is 7.92. The molecule has 0 aliphatic heterocycles. The summed E-state index contributed by atoms with van der Waals surface area (Å²) in [7, 11) is -3.34. The van der Waals surface area contributed by atoms with Gasteiger partial charge in [-0.05, 0) is 65.3 Å². The lowest BCUT2D eigenvalue weighted by Crippen LogP contribution is -2.12. The Balaban J connectivity index is 1.78. The van der Waals surface area contributed by atoms with Crippen LogP contribution in [-0.2, 0) is 34.1 Å². The van der Waals surface area contributed by atoms with Crippen molar-refractivity contribution < 1.29 is 13.2 Å². The lowest BCUT2D eigenvalue weighted by atomic mass is 9.83. The zero-order valence-corrected chi connectivity index (χ0v) is 18.5. The largest absolute Gasteiger partial charge is 0.326 e. The van der Waals surface area contributed by atoms with E-state index in [1.807, 2.05) is 30.3 Å². The molecule has 0 saturated carbocycles. The molecule has 0 spiro atoms. The second-order valence-electron chi connectivity index (χ2n) is 8.08. The number of nitrogens with one attached hydrogen (secondary N) is 2. The number of hydrogen-bond donors (Lipinski definition) is 2. The summed E-state index contributed by atoms with van der Waals surface area (Å²) in [5, 5.41) is 2.99. The first-order chi connectivity index (χ1) is 14.8. The summed E-state index contributed by atoms with van der Waals surface area (Å²) in [5.74, 6) is 0.0298. The van der Waals surface area contributed by atoms with E-state index in [0.717, 1.165) is 36.8 Å². The quantitative estimate of drug-likeness (QED) is 0.621. The Morgan fingerprint density at radius 1 is 0.968 bits per heavy atom. The molecule has 1 aliphatic rings. The van der Waals surface area contributed by atoms with Gasteiger partial charge < -0.3 is 5.32 Å². The minimum Gasteiger partial charge on any atom is -0.326 e. The SMILES string of the molecule is CC(=O)Nc1cccc2c1CCc1ccccc1[C@H]2Cc1cccc(NS(C)(=O)=O)c1. The van der Waals surface area contributed by atoms with Crippen LogP contribution < -0.4 is 10.0 Å². The molecule has 0 heterocycles. The smallest absolute Gasteiger partial charge is 0.229 e. The van der Waals surface area contributed by atoms with E-state index >= 15 is 0 Å². The van der Waals surface area contributed by atoms with Gasteiger partial charge in [-0.1, -0.05) is 48.5 Å². The summed E-state index contributed by atoms with van der Waals surface area (Å²) >= 11 is 0. The lowest BCUT2D eigenvalue weighted by Gasteiger charge is -2.22. The molecular weight excluding hydrogens is 408 g/mol. The fourth-order valence-corrected chi connectivity index (χ4v) is 5.03. The first kappa shape index (κ1) is 21.1. The Morgan fingerprint density at radius 2 is 1.71 bits per heavy atom. The molecule has 31 heavy (non-hydrogen) atoms. The topological polar surface area (TPSA) is 75.3 Å². The highest BCUT2D eigenvalue weighted by Crippen LogP contribution is 2.39. The van der Waals surface area contributed by atoms with Crippen LogP contribution >= 0.6 is 0 Å². The molecule has 2 N–H and O–H groups in total. The van der Waals surface area contributed by atoms with Gasteiger partial charge in [0.15, 0.2) is 0 Å². The van der Waals surface area contributed by atoms with E-state index in [1.165, 1.54) is 29.2 Å². The van der Waals surface area contributed by atoms with Crippen LogP contribution in [0.4, 0.5) is 11.4 Å². The average molecular weight is 435 g/mol. The van der Waals surface area contributed by atoms with Crippen LogP contribution in [-0.4, -0.2) is 20.6 Å². The summed E-state index contributed by atoms with van der Waals surface area (Å²) < 4.78 is 25.9. The Hall–Kier alpha value is -3.12. The summed E-state index contributed by atoms with van der Waals surface area (Å²) in [6.45, 7) is 1.53. The Bertz CT molecular complexity index is 1240. The van der Waals surface area contributed by atoms with Crippen molar-refractivity contribution in [2.45, 2.75) is 32.1 Å². The Kier molecular flexibility index (Phi) is 5.83. The van der Waals surface area contributed by atoms with Crippen molar-refractivity contribution in [3.63, 3.8) is 0 Å². The van der Waals surface area contributed by atoms with Gasteiger partial charge in [0, 0.05) is 24.2 Å². The molecule has 0 fully saturated rings. The molecule has 1 amide bonds. The Morgan fingerprint density at radius 3 is 2.48 bits per heavy atom. The average Bonchev–Trinajstić information content (AvgIpc) is 2.85. The van der Waals surface area contributed by atoms with E-state index in [4.69, 9.17) is 0 Å². The van der Waals surface area contributed by atoms with Gasteiger partial charge in [0.2, 0.25) is 15.9 Å². The molecule has 1 aliphatic carbocycles. The van der Waals surface area contributed by atoms with Crippen molar-refractivity contribution in [2.75, 3.05) is 16.3 Å². The molecule has 160 valence electrons. The molecule has 0 aromatic heterocycles. The first-order valence-corrected chi connectivity index (χ1v) is 12.2. The molecular formula is C25H26N2O3S. The third kappa shape index (κ3) is 4.97. The number of carbonyl (C=O) groups excluding carboxylic acids is 1. The molecule has 3 aromatic carbocycles. The molecule has 3 aromatic rings. The molecule has 0 unspecified atom stereocenters. The molecule has 6 heteroatoms. The van der Waals surface area contributed by atoms with E-state index in [2.05, 4.69) is 40.4 Å².